The molecular weight excluding hydrogens is 362 g/mol. The fourth-order valence-corrected chi connectivity index (χ4v) is 3.51. The zero-order valence-corrected chi connectivity index (χ0v) is 15.8. The van der Waals surface area contributed by atoms with Gasteiger partial charge in [-0.2, -0.15) is 4.98 Å². The van der Waals surface area contributed by atoms with Gasteiger partial charge in [-0.05, 0) is 50.2 Å². The number of nitrogens with one attached hydrogen (secondary N) is 1. The molecule has 0 bridgehead atoms. The molecule has 1 aliphatic carbocycles. The van der Waals surface area contributed by atoms with Crippen molar-refractivity contribution < 1.29 is 9.66 Å². The van der Waals surface area contributed by atoms with Crippen LogP contribution < -0.4 is 21.5 Å². The minimum Gasteiger partial charge on any atom is -0.495 e. The second-order valence-electron chi connectivity index (χ2n) is 6.98. The number of nitro groups is 1. The Morgan fingerprint density at radius 2 is 2.04 bits per heavy atom. The summed E-state index contributed by atoms with van der Waals surface area (Å²) >= 11 is 0. The van der Waals surface area contributed by atoms with Gasteiger partial charge in [0, 0.05) is 12.2 Å². The second-order valence-corrected chi connectivity index (χ2v) is 6.98. The van der Waals surface area contributed by atoms with Crippen LogP contribution in [0.2, 0.25) is 0 Å². The third kappa shape index (κ3) is 4.63. The number of rotatable bonds is 7. The van der Waals surface area contributed by atoms with Crippen LogP contribution in [-0.4, -0.2) is 33.0 Å². The third-order valence-corrected chi connectivity index (χ3v) is 5.02. The van der Waals surface area contributed by atoms with Gasteiger partial charge in [-0.1, -0.05) is 0 Å². The summed E-state index contributed by atoms with van der Waals surface area (Å²) in [5.74, 6) is 1.02. The molecule has 2 aromatic rings. The highest BCUT2D eigenvalue weighted by Crippen LogP contribution is 2.32. The predicted molar refractivity (Wildman–Crippen MR) is 105 cm³/mol. The maximum atomic E-state index is 11.5. The first-order valence-corrected chi connectivity index (χ1v) is 9.26. The van der Waals surface area contributed by atoms with Crippen molar-refractivity contribution in [3.63, 3.8) is 0 Å². The van der Waals surface area contributed by atoms with Crippen LogP contribution in [0, 0.1) is 16.0 Å². The average Bonchev–Trinajstić information content (AvgIpc) is 2.67. The summed E-state index contributed by atoms with van der Waals surface area (Å²) < 4.78 is 5.27. The molecule has 10 nitrogen and oxygen atoms in total. The first-order chi connectivity index (χ1) is 13.5. The van der Waals surface area contributed by atoms with Crippen molar-refractivity contribution in [2.24, 2.45) is 11.7 Å². The van der Waals surface area contributed by atoms with Gasteiger partial charge in [0.15, 0.2) is 0 Å². The van der Waals surface area contributed by atoms with E-state index < -0.39 is 4.92 Å². The Labute approximate surface area is 162 Å². The summed E-state index contributed by atoms with van der Waals surface area (Å²) in [6.07, 6.45) is 5.83. The van der Waals surface area contributed by atoms with E-state index >= 15 is 0 Å². The van der Waals surface area contributed by atoms with E-state index in [4.69, 9.17) is 16.2 Å². The molecule has 0 spiro atoms. The summed E-state index contributed by atoms with van der Waals surface area (Å²) in [4.78, 5) is 23.7. The number of ether oxygens (including phenoxy) is 1. The van der Waals surface area contributed by atoms with Crippen LogP contribution in [0.5, 0.6) is 5.75 Å². The first-order valence-electron chi connectivity index (χ1n) is 9.26. The summed E-state index contributed by atoms with van der Waals surface area (Å²) in [7, 11) is 1.56. The number of nitrogens with two attached hydrogens (primary N) is 2. The number of nitrogen functional groups attached to an aromatic ring is 1. The van der Waals surface area contributed by atoms with Gasteiger partial charge in [-0.15, -0.1) is 0 Å². The van der Waals surface area contributed by atoms with E-state index in [0.717, 1.165) is 25.7 Å². The molecule has 5 N–H and O–H groups in total. The van der Waals surface area contributed by atoms with Gasteiger partial charge in [-0.3, -0.25) is 15.1 Å². The van der Waals surface area contributed by atoms with Gasteiger partial charge in [-0.25, -0.2) is 4.98 Å². The van der Waals surface area contributed by atoms with E-state index in [1.807, 2.05) is 0 Å². The minimum atomic E-state index is -0.509. The number of hydrogen-bond acceptors (Lipinski definition) is 9. The molecule has 28 heavy (non-hydrogen) atoms. The maximum absolute atomic E-state index is 11.5. The molecule has 0 aromatic carbocycles. The first kappa shape index (κ1) is 19.7. The molecule has 2 heterocycles. The fourth-order valence-electron chi connectivity index (χ4n) is 3.51. The van der Waals surface area contributed by atoms with Crippen LogP contribution >= 0.6 is 0 Å². The van der Waals surface area contributed by atoms with Crippen molar-refractivity contribution in [1.82, 2.24) is 15.0 Å². The quantitative estimate of drug-likeness (QED) is 0.478. The molecule has 0 amide bonds. The Morgan fingerprint density at radius 3 is 2.71 bits per heavy atom. The molecular formula is C18H25N7O3. The fraction of sp³-hybridized carbons (Fsp3) is 0.500. The Morgan fingerprint density at radius 1 is 1.29 bits per heavy atom. The van der Waals surface area contributed by atoms with Gasteiger partial charge in [0.2, 0.25) is 11.8 Å². The van der Waals surface area contributed by atoms with Gasteiger partial charge >= 0.3 is 5.69 Å². The smallest absolute Gasteiger partial charge is 0.332 e. The van der Waals surface area contributed by atoms with Crippen molar-refractivity contribution in [2.45, 2.75) is 44.7 Å². The lowest BCUT2D eigenvalue weighted by Crippen LogP contribution is -2.27. The Hall–Kier alpha value is -3.01. The number of nitrogens with zero attached hydrogens (tertiary/aromatic N) is 4. The number of aromatic nitrogens is 3. The summed E-state index contributed by atoms with van der Waals surface area (Å²) in [6.45, 7) is 0.305. The standard InChI is InChI=1S/C18H25N7O3/c1-28-15-3-2-8-21-14(15)10-22-18-23-13(16(25(26)27)17(20)24-18)9-11-4-6-12(19)7-5-11/h2-3,8,11-12H,4-7,9-10,19H2,1H3,(H3,20,22,23,24)/t11-,12-. The lowest BCUT2D eigenvalue weighted by molar-refractivity contribution is -0.385. The highest BCUT2D eigenvalue weighted by atomic mass is 16.6. The van der Waals surface area contributed by atoms with Crippen molar-refractivity contribution >= 4 is 17.5 Å². The van der Waals surface area contributed by atoms with Gasteiger partial charge in [0.05, 0.1) is 18.6 Å². The van der Waals surface area contributed by atoms with Crippen molar-refractivity contribution in [3.05, 3.63) is 39.8 Å². The van der Waals surface area contributed by atoms with Gasteiger partial charge < -0.3 is 21.5 Å². The third-order valence-electron chi connectivity index (χ3n) is 5.02. The Bertz CT molecular complexity index is 838. The largest absolute Gasteiger partial charge is 0.495 e. The molecule has 1 aliphatic rings. The van der Waals surface area contributed by atoms with Crippen LogP contribution in [0.25, 0.3) is 0 Å². The van der Waals surface area contributed by atoms with E-state index in [-0.39, 0.29) is 23.5 Å². The van der Waals surface area contributed by atoms with Crippen molar-refractivity contribution in [2.75, 3.05) is 18.2 Å². The number of pyridine rings is 1. The van der Waals surface area contributed by atoms with Crippen LogP contribution in [-0.2, 0) is 13.0 Å². The topological polar surface area (TPSA) is 155 Å². The van der Waals surface area contributed by atoms with Gasteiger partial charge in [0.25, 0.3) is 0 Å². The number of methoxy groups -OCH3 is 1. The minimum absolute atomic E-state index is 0.141. The molecule has 1 saturated carbocycles. The van der Waals surface area contributed by atoms with Gasteiger partial charge in [0.1, 0.15) is 17.1 Å². The van der Waals surface area contributed by atoms with E-state index in [9.17, 15) is 10.1 Å². The molecule has 0 saturated heterocycles. The second kappa shape index (κ2) is 8.79. The monoisotopic (exact) mass is 387 g/mol. The molecule has 1 fully saturated rings. The van der Waals surface area contributed by atoms with Crippen LogP contribution in [0.15, 0.2) is 18.3 Å². The molecule has 0 atom stereocenters. The highest BCUT2D eigenvalue weighted by molar-refractivity contribution is 5.58. The zero-order valence-electron chi connectivity index (χ0n) is 15.8. The molecule has 10 heteroatoms. The summed E-state index contributed by atoms with van der Waals surface area (Å²) in [5.41, 5.74) is 12.7. The molecule has 0 unspecified atom stereocenters. The molecule has 0 radical (unpaired) electrons. The van der Waals surface area contributed by atoms with E-state index in [1.165, 1.54) is 0 Å². The lowest BCUT2D eigenvalue weighted by Gasteiger charge is -2.25. The SMILES string of the molecule is COc1cccnc1CNc1nc(N)c([N+](=O)[O-])c(C[C@H]2CC[C@H](N)CC2)n1. The van der Waals surface area contributed by atoms with Crippen LogP contribution in [0.3, 0.4) is 0 Å². The summed E-state index contributed by atoms with van der Waals surface area (Å²) in [5, 5.41) is 14.5. The van der Waals surface area contributed by atoms with Crippen LogP contribution in [0.4, 0.5) is 17.5 Å². The number of hydrogen-bond donors (Lipinski definition) is 3. The normalized spacial score (nSPS) is 19.2. The zero-order chi connectivity index (χ0) is 20.1. The molecule has 150 valence electrons. The van der Waals surface area contributed by atoms with Crippen molar-refractivity contribution in [3.8, 4) is 5.75 Å². The molecule has 0 aliphatic heterocycles. The molecule has 3 rings (SSSR count). The number of anilines is 2. The van der Waals surface area contributed by atoms with E-state index in [1.54, 1.807) is 25.4 Å². The lowest BCUT2D eigenvalue weighted by atomic mass is 9.83. The predicted octanol–water partition coefficient (Wildman–Crippen LogP) is 2.04. The van der Waals surface area contributed by atoms with Crippen molar-refractivity contribution in [1.29, 1.82) is 0 Å². The highest BCUT2D eigenvalue weighted by Gasteiger charge is 2.27. The average molecular weight is 387 g/mol. The molecule has 2 aromatic heterocycles. The van der Waals surface area contributed by atoms with E-state index in [2.05, 4.69) is 20.3 Å². The Balaban J connectivity index is 1.80. The van der Waals surface area contributed by atoms with Crippen LogP contribution in [0.1, 0.15) is 37.1 Å². The Kier molecular flexibility index (Phi) is 6.19. The maximum Gasteiger partial charge on any atom is 0.332 e. The summed E-state index contributed by atoms with van der Waals surface area (Å²) in [6, 6.07) is 3.79. The van der Waals surface area contributed by atoms with E-state index in [0.29, 0.717) is 36.0 Å².